The van der Waals surface area contributed by atoms with Gasteiger partial charge in [0.15, 0.2) is 6.29 Å². The minimum Gasteiger partial charge on any atom is -0.374 e. The van der Waals surface area contributed by atoms with E-state index in [9.17, 15) is 0 Å². The highest BCUT2D eigenvalue weighted by atomic mass is 16.7. The van der Waals surface area contributed by atoms with Crippen LogP contribution in [0, 0.1) is 0 Å². The quantitative estimate of drug-likeness (QED) is 0.0787. The summed E-state index contributed by atoms with van der Waals surface area (Å²) < 4.78 is 52.3. The van der Waals surface area contributed by atoms with Crippen LogP contribution in [-0.4, -0.2) is 62.7 Å². The van der Waals surface area contributed by atoms with Crippen molar-refractivity contribution in [2.75, 3.05) is 13.7 Å². The van der Waals surface area contributed by atoms with Gasteiger partial charge in [-0.1, -0.05) is 152 Å². The number of benzene rings is 5. The summed E-state index contributed by atoms with van der Waals surface area (Å²) >= 11 is 0. The summed E-state index contributed by atoms with van der Waals surface area (Å²) in [6, 6.07) is 50.9. The molecule has 2 heterocycles. The first kappa shape index (κ1) is 39.0. The molecule has 0 aliphatic carbocycles. The van der Waals surface area contributed by atoms with E-state index in [1.54, 1.807) is 7.11 Å². The molecule has 8 heteroatoms. The molecule has 7 rings (SSSR count). The molecule has 0 amide bonds. The zero-order valence-electron chi connectivity index (χ0n) is 31.5. The molecule has 0 N–H and O–H groups in total. The maximum Gasteiger partial charge on any atom is 0.186 e. The number of ether oxygens (including phenoxy) is 8. The lowest BCUT2D eigenvalue weighted by Gasteiger charge is -2.27. The molecule has 8 atom stereocenters. The fourth-order valence-corrected chi connectivity index (χ4v) is 7.33. The van der Waals surface area contributed by atoms with Crippen molar-refractivity contribution < 1.29 is 37.9 Å². The van der Waals surface area contributed by atoms with Gasteiger partial charge in [-0.15, -0.1) is 0 Å². The van der Waals surface area contributed by atoms with Crippen LogP contribution in [0.15, 0.2) is 152 Å². The van der Waals surface area contributed by atoms with Gasteiger partial charge in [0.05, 0.1) is 51.8 Å². The van der Waals surface area contributed by atoms with Gasteiger partial charge < -0.3 is 37.9 Å². The summed E-state index contributed by atoms with van der Waals surface area (Å²) in [4.78, 5) is 0. The van der Waals surface area contributed by atoms with Gasteiger partial charge in [0, 0.05) is 7.11 Å². The average Bonchev–Trinajstić information content (AvgIpc) is 3.77. The molecule has 55 heavy (non-hydrogen) atoms. The van der Waals surface area contributed by atoms with Gasteiger partial charge in [-0.05, 0) is 40.7 Å². The van der Waals surface area contributed by atoms with Gasteiger partial charge in [0.25, 0.3) is 0 Å². The molecule has 0 aromatic heterocycles. The summed E-state index contributed by atoms with van der Waals surface area (Å²) in [5, 5.41) is 0. The van der Waals surface area contributed by atoms with Crippen LogP contribution in [0.2, 0.25) is 0 Å². The standard InChI is InChI=1S/C47H52O8/c1-48-47-46(53-33-39-25-15-6-16-26-39)44(51-31-37-21-11-4-12-22-37)41(55-47)28-27-40-43(50-30-36-19-9-3-10-20-36)45(52-32-38-23-13-5-14-24-38)42(54-40)34-49-29-35-17-7-2-8-18-35/h2-26,40-47H,27-34H2,1H3/t40-,41-,42-,43-,44-,45-,46+,47+/m1/s1. The minimum atomic E-state index is -0.592. The van der Waals surface area contributed by atoms with Crippen LogP contribution in [0.5, 0.6) is 0 Å². The lowest BCUT2D eigenvalue weighted by Crippen LogP contribution is -2.40. The highest BCUT2D eigenvalue weighted by molar-refractivity contribution is 5.17. The smallest absolute Gasteiger partial charge is 0.186 e. The van der Waals surface area contributed by atoms with Crippen molar-refractivity contribution >= 4 is 0 Å². The van der Waals surface area contributed by atoms with E-state index in [4.69, 9.17) is 37.9 Å². The minimum absolute atomic E-state index is 0.293. The van der Waals surface area contributed by atoms with Crippen LogP contribution in [0.1, 0.15) is 40.7 Å². The summed E-state index contributed by atoms with van der Waals surface area (Å²) in [5.41, 5.74) is 5.42. The highest BCUT2D eigenvalue weighted by Crippen LogP contribution is 2.36. The number of hydrogen-bond acceptors (Lipinski definition) is 8. The first-order chi connectivity index (χ1) is 27.2. The largest absolute Gasteiger partial charge is 0.374 e. The molecule has 288 valence electrons. The summed E-state index contributed by atoms with van der Waals surface area (Å²) in [6.45, 7) is 2.54. The third-order valence-corrected chi connectivity index (χ3v) is 10.2. The van der Waals surface area contributed by atoms with Crippen LogP contribution in [0.3, 0.4) is 0 Å². The maximum absolute atomic E-state index is 6.88. The maximum atomic E-state index is 6.88. The Labute approximate surface area is 325 Å². The molecule has 2 aliphatic rings. The first-order valence-electron chi connectivity index (χ1n) is 19.3. The molecule has 0 radical (unpaired) electrons. The van der Waals surface area contributed by atoms with Gasteiger partial charge in [0.2, 0.25) is 0 Å². The Balaban J connectivity index is 1.09. The van der Waals surface area contributed by atoms with Crippen molar-refractivity contribution in [3.8, 4) is 0 Å². The monoisotopic (exact) mass is 744 g/mol. The van der Waals surface area contributed by atoms with Crippen molar-refractivity contribution in [1.29, 1.82) is 0 Å². The molecule has 0 unspecified atom stereocenters. The molecule has 5 aromatic rings. The number of rotatable bonds is 20. The fraction of sp³-hybridized carbons (Fsp3) is 0.362. The Bertz CT molecular complexity index is 1780. The number of hydrogen-bond donors (Lipinski definition) is 0. The molecular formula is C47H52O8. The van der Waals surface area contributed by atoms with Gasteiger partial charge in [-0.3, -0.25) is 0 Å². The van der Waals surface area contributed by atoms with E-state index in [1.807, 2.05) is 91.0 Å². The summed E-state index contributed by atoms with van der Waals surface area (Å²) in [6.07, 6.45) is -1.82. The van der Waals surface area contributed by atoms with Gasteiger partial charge in [-0.2, -0.15) is 0 Å². The molecule has 5 aromatic carbocycles. The third-order valence-electron chi connectivity index (χ3n) is 10.2. The fourth-order valence-electron chi connectivity index (χ4n) is 7.33. The van der Waals surface area contributed by atoms with Crippen molar-refractivity contribution in [2.24, 2.45) is 0 Å². The lowest BCUT2D eigenvalue weighted by molar-refractivity contribution is -0.167. The van der Waals surface area contributed by atoms with Crippen LogP contribution < -0.4 is 0 Å². The molecule has 0 spiro atoms. The van der Waals surface area contributed by atoms with Crippen LogP contribution in [0.4, 0.5) is 0 Å². The number of methoxy groups -OCH3 is 1. The lowest BCUT2D eigenvalue weighted by atomic mass is 9.99. The Morgan fingerprint density at radius 2 is 0.709 bits per heavy atom. The van der Waals surface area contributed by atoms with Gasteiger partial charge >= 0.3 is 0 Å². The molecular weight excluding hydrogens is 693 g/mol. The van der Waals surface area contributed by atoms with Crippen molar-refractivity contribution in [2.45, 2.75) is 94.9 Å². The van der Waals surface area contributed by atoms with Gasteiger partial charge in [0.1, 0.15) is 30.5 Å². The third kappa shape index (κ3) is 11.2. The molecule has 2 aliphatic heterocycles. The van der Waals surface area contributed by atoms with E-state index in [-0.39, 0.29) is 36.6 Å². The van der Waals surface area contributed by atoms with E-state index >= 15 is 0 Å². The normalized spacial score (nSPS) is 25.0. The zero-order valence-corrected chi connectivity index (χ0v) is 31.5. The second-order valence-corrected chi connectivity index (χ2v) is 14.1. The van der Waals surface area contributed by atoms with Crippen LogP contribution >= 0.6 is 0 Å². The SMILES string of the molecule is CO[C@H]1O[C@H](CC[C@H]2O[C@H](COCc3ccccc3)[C@@H](OCc3ccccc3)[C@@H]2OCc2ccccc2)[C@@H](OCc2ccccc2)[C@@H]1OCc1ccccc1. The highest BCUT2D eigenvalue weighted by Gasteiger charge is 2.50. The van der Waals surface area contributed by atoms with Crippen molar-refractivity contribution in [3.63, 3.8) is 0 Å². The Morgan fingerprint density at radius 1 is 0.382 bits per heavy atom. The second kappa shape index (κ2) is 20.6. The summed E-state index contributed by atoms with van der Waals surface area (Å²) in [7, 11) is 1.66. The van der Waals surface area contributed by atoms with E-state index in [1.165, 1.54) is 0 Å². The molecule has 0 bridgehead atoms. The topological polar surface area (TPSA) is 73.8 Å². The Kier molecular flexibility index (Phi) is 14.6. The van der Waals surface area contributed by atoms with Crippen LogP contribution in [-0.2, 0) is 70.9 Å². The van der Waals surface area contributed by atoms with Crippen molar-refractivity contribution in [3.05, 3.63) is 179 Å². The average molecular weight is 745 g/mol. The predicted octanol–water partition coefficient (Wildman–Crippen LogP) is 8.46. The summed E-state index contributed by atoms with van der Waals surface area (Å²) in [5.74, 6) is 0. The molecule has 2 fully saturated rings. The van der Waals surface area contributed by atoms with E-state index in [2.05, 4.69) is 60.7 Å². The van der Waals surface area contributed by atoms with E-state index in [0.717, 1.165) is 27.8 Å². The Morgan fingerprint density at radius 3 is 1.11 bits per heavy atom. The van der Waals surface area contributed by atoms with Crippen LogP contribution in [0.25, 0.3) is 0 Å². The second-order valence-electron chi connectivity index (χ2n) is 14.1. The van der Waals surface area contributed by atoms with Gasteiger partial charge in [-0.25, -0.2) is 0 Å². The Hall–Kier alpha value is -4.22. The zero-order chi connectivity index (χ0) is 37.5. The predicted molar refractivity (Wildman–Crippen MR) is 210 cm³/mol. The van der Waals surface area contributed by atoms with E-state index in [0.29, 0.717) is 52.5 Å². The van der Waals surface area contributed by atoms with E-state index < -0.39 is 12.4 Å². The molecule has 2 saturated heterocycles. The first-order valence-corrected chi connectivity index (χ1v) is 19.3. The molecule has 0 saturated carbocycles. The van der Waals surface area contributed by atoms with Crippen molar-refractivity contribution in [1.82, 2.24) is 0 Å². The molecule has 8 nitrogen and oxygen atoms in total.